The van der Waals surface area contributed by atoms with Crippen molar-refractivity contribution in [2.24, 2.45) is 7.05 Å². The summed E-state index contributed by atoms with van der Waals surface area (Å²) in [5.74, 6) is -0.394. The summed E-state index contributed by atoms with van der Waals surface area (Å²) in [6, 6.07) is 9.08. The number of nitrogens with one attached hydrogen (secondary N) is 2. The van der Waals surface area contributed by atoms with Crippen molar-refractivity contribution in [2.75, 3.05) is 17.2 Å². The standard InChI is InChI=1S/C26H21FIN5O5/c1-12-22-21(23(31(2)24(12)35)30-17-7-3-13(28)9-16(17)27)25(36)33(14-4-5-14)26(37)32(22)15-6-8-19-18(10-15)29-20(34)11-38-19/h3,6-10,14,30H,4-5,11H2,1-2H3,(H,29,34). The average molecular weight is 629 g/mol. The van der Waals surface area contributed by atoms with Crippen molar-refractivity contribution in [3.8, 4) is 11.4 Å². The van der Waals surface area contributed by atoms with Crippen molar-refractivity contribution in [3.05, 3.63) is 82.5 Å². The molecule has 2 aliphatic rings. The van der Waals surface area contributed by atoms with Gasteiger partial charge >= 0.3 is 5.69 Å². The SMILES string of the molecule is Cc1c(=O)n(C)c(Nc2ccc(I)cc2F)c2c(=O)n(C3CC3)c(=O)n(-c3ccc4c(c3)NC(=O)CO4)c12. The largest absolute Gasteiger partial charge is 0.482 e. The number of rotatable bonds is 4. The van der Waals surface area contributed by atoms with Crippen LogP contribution in [0.15, 0.2) is 50.8 Å². The Bertz CT molecular complexity index is 1870. The molecule has 38 heavy (non-hydrogen) atoms. The smallest absolute Gasteiger partial charge is 0.336 e. The van der Waals surface area contributed by atoms with Crippen molar-refractivity contribution in [1.82, 2.24) is 13.7 Å². The summed E-state index contributed by atoms with van der Waals surface area (Å²) in [5, 5.41) is 5.74. The van der Waals surface area contributed by atoms with E-state index in [1.807, 2.05) is 22.6 Å². The zero-order chi connectivity index (χ0) is 26.9. The lowest BCUT2D eigenvalue weighted by Gasteiger charge is -2.22. The van der Waals surface area contributed by atoms with Gasteiger partial charge in [0.1, 0.15) is 22.8 Å². The second-order valence-corrected chi connectivity index (χ2v) is 10.6. The van der Waals surface area contributed by atoms with Gasteiger partial charge in [-0.1, -0.05) is 0 Å². The van der Waals surface area contributed by atoms with Gasteiger partial charge in [-0.3, -0.25) is 28.1 Å². The highest BCUT2D eigenvalue weighted by Crippen LogP contribution is 2.35. The van der Waals surface area contributed by atoms with Gasteiger partial charge in [0.05, 0.1) is 22.6 Å². The van der Waals surface area contributed by atoms with Crippen LogP contribution >= 0.6 is 22.6 Å². The predicted molar refractivity (Wildman–Crippen MR) is 149 cm³/mol. The number of pyridine rings is 1. The van der Waals surface area contributed by atoms with Crippen LogP contribution in [0.25, 0.3) is 16.6 Å². The topological polar surface area (TPSA) is 116 Å². The molecule has 10 nitrogen and oxygen atoms in total. The molecule has 12 heteroatoms. The highest BCUT2D eigenvalue weighted by Gasteiger charge is 2.32. The van der Waals surface area contributed by atoms with Gasteiger partial charge in [-0.25, -0.2) is 9.18 Å². The zero-order valence-electron chi connectivity index (χ0n) is 20.3. The highest BCUT2D eigenvalue weighted by atomic mass is 127. The second kappa shape index (κ2) is 8.82. The van der Waals surface area contributed by atoms with E-state index in [4.69, 9.17) is 4.74 Å². The molecule has 1 aliphatic carbocycles. The van der Waals surface area contributed by atoms with Gasteiger partial charge in [0.2, 0.25) is 0 Å². The third kappa shape index (κ3) is 3.81. The quantitative estimate of drug-likeness (QED) is 0.335. The summed E-state index contributed by atoms with van der Waals surface area (Å²) in [7, 11) is 1.49. The normalized spacial score (nSPS) is 14.7. The summed E-state index contributed by atoms with van der Waals surface area (Å²) < 4.78 is 24.7. The van der Waals surface area contributed by atoms with Gasteiger partial charge in [0, 0.05) is 22.2 Å². The van der Waals surface area contributed by atoms with E-state index in [0.29, 0.717) is 33.5 Å². The summed E-state index contributed by atoms with van der Waals surface area (Å²) in [6.45, 7) is 1.42. The summed E-state index contributed by atoms with van der Waals surface area (Å²) >= 11 is 1.99. The molecule has 0 bridgehead atoms. The van der Waals surface area contributed by atoms with Crippen molar-refractivity contribution in [2.45, 2.75) is 25.8 Å². The Kier molecular flexibility index (Phi) is 5.67. The first-order valence-electron chi connectivity index (χ1n) is 11.9. The van der Waals surface area contributed by atoms with E-state index in [9.17, 15) is 23.6 Å². The number of carbonyl (C=O) groups excluding carboxylic acids is 1. The van der Waals surface area contributed by atoms with Gasteiger partial charge in [0.25, 0.3) is 17.0 Å². The third-order valence-electron chi connectivity index (χ3n) is 6.79. The van der Waals surface area contributed by atoms with Crippen molar-refractivity contribution in [3.63, 3.8) is 0 Å². The maximum absolute atomic E-state index is 14.8. The first-order chi connectivity index (χ1) is 18.2. The molecule has 1 saturated carbocycles. The van der Waals surface area contributed by atoms with Crippen LogP contribution in [0.1, 0.15) is 24.4 Å². The molecule has 194 valence electrons. The molecule has 0 spiro atoms. The minimum absolute atomic E-state index is 0.0680. The van der Waals surface area contributed by atoms with Gasteiger partial charge in [-0.2, -0.15) is 0 Å². The van der Waals surface area contributed by atoms with Crippen molar-refractivity contribution < 1.29 is 13.9 Å². The van der Waals surface area contributed by atoms with Crippen LogP contribution in [0, 0.1) is 16.3 Å². The zero-order valence-corrected chi connectivity index (χ0v) is 22.5. The fourth-order valence-electron chi connectivity index (χ4n) is 4.78. The van der Waals surface area contributed by atoms with Crippen molar-refractivity contribution >= 4 is 56.6 Å². The van der Waals surface area contributed by atoms with Gasteiger partial charge in [-0.05, 0) is 78.8 Å². The molecule has 0 saturated heterocycles. The molecule has 1 aliphatic heterocycles. The highest BCUT2D eigenvalue weighted by molar-refractivity contribution is 14.1. The van der Waals surface area contributed by atoms with Gasteiger partial charge < -0.3 is 15.4 Å². The number of nitrogens with zero attached hydrogens (tertiary/aromatic N) is 3. The van der Waals surface area contributed by atoms with E-state index in [1.165, 1.54) is 32.9 Å². The van der Waals surface area contributed by atoms with E-state index in [1.54, 1.807) is 31.2 Å². The molecule has 2 N–H and O–H groups in total. The van der Waals surface area contributed by atoms with Crippen molar-refractivity contribution in [1.29, 1.82) is 0 Å². The molecular formula is C26H21FIN5O5. The molecule has 0 radical (unpaired) electrons. The Morgan fingerprint density at radius 1 is 1.08 bits per heavy atom. The molecule has 3 heterocycles. The van der Waals surface area contributed by atoms with Crippen LogP contribution in [-0.2, 0) is 11.8 Å². The number of anilines is 3. The van der Waals surface area contributed by atoms with E-state index in [0.717, 1.165) is 0 Å². The maximum atomic E-state index is 14.8. The van der Waals surface area contributed by atoms with Crippen LogP contribution in [0.3, 0.4) is 0 Å². The second-order valence-electron chi connectivity index (χ2n) is 9.35. The minimum atomic E-state index is -0.601. The Labute approximate surface area is 227 Å². The number of benzene rings is 2. The molecule has 2 aromatic heterocycles. The van der Waals surface area contributed by atoms with Crippen LogP contribution in [-0.4, -0.2) is 26.2 Å². The molecular weight excluding hydrogens is 608 g/mol. The Morgan fingerprint density at radius 3 is 2.55 bits per heavy atom. The van der Waals surface area contributed by atoms with E-state index < -0.39 is 22.6 Å². The minimum Gasteiger partial charge on any atom is -0.482 e. The molecule has 2 aromatic carbocycles. The van der Waals surface area contributed by atoms with E-state index in [-0.39, 0.29) is 46.5 Å². The molecule has 1 fully saturated rings. The fourth-order valence-corrected chi connectivity index (χ4v) is 5.24. The maximum Gasteiger partial charge on any atom is 0.336 e. The molecule has 0 unspecified atom stereocenters. The summed E-state index contributed by atoms with van der Waals surface area (Å²) in [4.78, 5) is 53.0. The third-order valence-corrected chi connectivity index (χ3v) is 7.46. The number of hydrogen-bond acceptors (Lipinski definition) is 6. The first-order valence-corrected chi connectivity index (χ1v) is 12.9. The number of aromatic nitrogens is 3. The lowest BCUT2D eigenvalue weighted by Crippen LogP contribution is -2.41. The Balaban J connectivity index is 1.71. The van der Waals surface area contributed by atoms with Crippen LogP contribution in [0.4, 0.5) is 21.6 Å². The molecule has 4 aromatic rings. The van der Waals surface area contributed by atoms with Crippen LogP contribution in [0.2, 0.25) is 0 Å². The number of hydrogen-bond donors (Lipinski definition) is 2. The Hall–Kier alpha value is -3.94. The van der Waals surface area contributed by atoms with Crippen LogP contribution in [0.5, 0.6) is 5.75 Å². The number of fused-ring (bicyclic) bond motifs is 2. The Morgan fingerprint density at radius 2 is 1.84 bits per heavy atom. The number of aryl methyl sites for hydroxylation is 1. The fraction of sp³-hybridized carbons (Fsp3) is 0.231. The number of ether oxygens (including phenoxy) is 1. The molecule has 6 rings (SSSR count). The number of carbonyl (C=O) groups is 1. The number of amides is 1. The first kappa shape index (κ1) is 24.4. The number of halogens is 2. The average Bonchev–Trinajstić information content (AvgIpc) is 3.71. The molecule has 0 atom stereocenters. The van der Waals surface area contributed by atoms with Crippen LogP contribution < -0.4 is 32.2 Å². The van der Waals surface area contributed by atoms with Gasteiger partial charge in [0.15, 0.2) is 6.61 Å². The predicted octanol–water partition coefficient (Wildman–Crippen LogP) is 3.31. The van der Waals surface area contributed by atoms with E-state index >= 15 is 0 Å². The van der Waals surface area contributed by atoms with Gasteiger partial charge in [-0.15, -0.1) is 0 Å². The monoisotopic (exact) mass is 629 g/mol. The lowest BCUT2D eigenvalue weighted by molar-refractivity contribution is -0.118. The van der Waals surface area contributed by atoms with E-state index in [2.05, 4.69) is 10.6 Å². The lowest BCUT2D eigenvalue weighted by atomic mass is 10.1. The summed E-state index contributed by atoms with van der Waals surface area (Å²) in [5.41, 5.74) is -0.569. The molecule has 1 amide bonds. The summed E-state index contributed by atoms with van der Waals surface area (Å²) in [6.07, 6.45) is 1.32.